The van der Waals surface area contributed by atoms with Gasteiger partial charge >= 0.3 is 0 Å². The second kappa shape index (κ2) is 9.34. The van der Waals surface area contributed by atoms with Gasteiger partial charge < -0.3 is 14.8 Å². The number of amides is 1. The van der Waals surface area contributed by atoms with Crippen molar-refractivity contribution in [1.29, 1.82) is 0 Å². The zero-order valence-electron chi connectivity index (χ0n) is 12.9. The Kier molecular flexibility index (Phi) is 7.75. The number of nitrogens with one attached hydrogen (secondary N) is 1. The molecule has 1 aromatic carbocycles. The number of carbonyl (C=O) groups excluding carboxylic acids is 1. The van der Waals surface area contributed by atoms with Crippen molar-refractivity contribution < 1.29 is 18.7 Å². The molecule has 0 bridgehead atoms. The summed E-state index contributed by atoms with van der Waals surface area (Å²) < 4.78 is 24.3. The monoisotopic (exact) mass is 297 g/mol. The van der Waals surface area contributed by atoms with Crippen molar-refractivity contribution in [3.63, 3.8) is 0 Å². The van der Waals surface area contributed by atoms with Crippen LogP contribution in [0.5, 0.6) is 5.75 Å². The molecule has 21 heavy (non-hydrogen) atoms. The van der Waals surface area contributed by atoms with E-state index in [1.807, 2.05) is 20.8 Å². The summed E-state index contributed by atoms with van der Waals surface area (Å²) in [5.41, 5.74) is 0. The molecule has 0 fully saturated rings. The summed E-state index contributed by atoms with van der Waals surface area (Å²) in [5.74, 6) is -0.595. The molecule has 4 nitrogen and oxygen atoms in total. The molecule has 118 valence electrons. The van der Waals surface area contributed by atoms with Gasteiger partial charge in [0, 0.05) is 13.2 Å². The minimum absolute atomic E-state index is 0.0997. The highest BCUT2D eigenvalue weighted by atomic mass is 19.1. The molecule has 5 heteroatoms. The predicted octanol–water partition coefficient (Wildman–Crippen LogP) is 2.91. The van der Waals surface area contributed by atoms with Crippen molar-refractivity contribution in [3.8, 4) is 5.75 Å². The topological polar surface area (TPSA) is 47.6 Å². The minimum atomic E-state index is -0.687. The van der Waals surface area contributed by atoms with Gasteiger partial charge in [-0.05, 0) is 38.8 Å². The van der Waals surface area contributed by atoms with E-state index < -0.39 is 11.9 Å². The summed E-state index contributed by atoms with van der Waals surface area (Å²) in [6.45, 7) is 6.88. The van der Waals surface area contributed by atoms with Crippen molar-refractivity contribution in [2.24, 2.45) is 0 Å². The van der Waals surface area contributed by atoms with Crippen molar-refractivity contribution in [2.75, 3.05) is 13.2 Å². The van der Waals surface area contributed by atoms with Crippen LogP contribution in [-0.4, -0.2) is 31.3 Å². The minimum Gasteiger partial charge on any atom is -0.478 e. The largest absolute Gasteiger partial charge is 0.478 e. The smallest absolute Gasteiger partial charge is 0.261 e. The molecular weight excluding hydrogens is 273 g/mol. The van der Waals surface area contributed by atoms with Crippen LogP contribution in [0.4, 0.5) is 4.39 Å². The lowest BCUT2D eigenvalue weighted by Crippen LogP contribution is -2.38. The molecule has 0 aliphatic heterocycles. The Morgan fingerprint density at radius 2 is 2.05 bits per heavy atom. The highest BCUT2D eigenvalue weighted by molar-refractivity contribution is 5.81. The zero-order chi connectivity index (χ0) is 15.7. The predicted molar refractivity (Wildman–Crippen MR) is 79.8 cm³/mol. The quantitative estimate of drug-likeness (QED) is 0.713. The lowest BCUT2D eigenvalue weighted by atomic mass is 10.2. The van der Waals surface area contributed by atoms with E-state index in [4.69, 9.17) is 9.47 Å². The van der Waals surface area contributed by atoms with Crippen LogP contribution < -0.4 is 10.1 Å². The molecular formula is C16H24FNO3. The first-order valence-electron chi connectivity index (χ1n) is 7.35. The van der Waals surface area contributed by atoms with Crippen LogP contribution in [-0.2, 0) is 9.53 Å². The molecule has 0 saturated heterocycles. The molecule has 1 amide bonds. The molecule has 0 saturated carbocycles. The van der Waals surface area contributed by atoms with Crippen LogP contribution in [0.3, 0.4) is 0 Å². The average molecular weight is 297 g/mol. The Morgan fingerprint density at radius 1 is 1.33 bits per heavy atom. The molecule has 0 radical (unpaired) electrons. The van der Waals surface area contributed by atoms with Crippen molar-refractivity contribution in [1.82, 2.24) is 5.32 Å². The third kappa shape index (κ3) is 6.58. The standard InChI is InChI=1S/C16H24FNO3/c1-4-14(21-15-9-6-5-8-13(15)17)16(19)18-10-7-11-20-12(2)3/h5-6,8-9,12,14H,4,7,10-11H2,1-3H3,(H,18,19)/t14-/m1/s1. The van der Waals surface area contributed by atoms with Gasteiger partial charge in [0.15, 0.2) is 17.7 Å². The Balaban J connectivity index is 2.38. The first kappa shape index (κ1) is 17.4. The van der Waals surface area contributed by atoms with Gasteiger partial charge in [-0.15, -0.1) is 0 Å². The van der Waals surface area contributed by atoms with Crippen molar-refractivity contribution in [3.05, 3.63) is 30.1 Å². The maximum Gasteiger partial charge on any atom is 0.261 e. The van der Waals surface area contributed by atoms with Gasteiger partial charge in [-0.3, -0.25) is 4.79 Å². The third-order valence-electron chi connectivity index (χ3n) is 2.84. The van der Waals surface area contributed by atoms with E-state index in [0.29, 0.717) is 19.6 Å². The second-order valence-electron chi connectivity index (χ2n) is 5.01. The van der Waals surface area contributed by atoms with Crippen LogP contribution in [0.25, 0.3) is 0 Å². The van der Waals surface area contributed by atoms with Crippen LogP contribution in [0.15, 0.2) is 24.3 Å². The summed E-state index contributed by atoms with van der Waals surface area (Å²) in [6.07, 6.45) is 0.712. The Morgan fingerprint density at radius 3 is 2.67 bits per heavy atom. The zero-order valence-corrected chi connectivity index (χ0v) is 12.9. The van der Waals surface area contributed by atoms with Gasteiger partial charge in [0.05, 0.1) is 6.10 Å². The number of para-hydroxylation sites is 1. The summed E-state index contributed by atoms with van der Waals surface area (Å²) in [7, 11) is 0. The molecule has 0 heterocycles. The molecule has 0 unspecified atom stereocenters. The van der Waals surface area contributed by atoms with E-state index in [1.165, 1.54) is 12.1 Å². The molecule has 0 aromatic heterocycles. The molecule has 0 spiro atoms. The number of ether oxygens (including phenoxy) is 2. The van der Waals surface area contributed by atoms with E-state index in [9.17, 15) is 9.18 Å². The van der Waals surface area contributed by atoms with Gasteiger partial charge in [-0.2, -0.15) is 0 Å². The fourth-order valence-corrected chi connectivity index (χ4v) is 1.73. The lowest BCUT2D eigenvalue weighted by molar-refractivity contribution is -0.128. The second-order valence-corrected chi connectivity index (χ2v) is 5.01. The summed E-state index contributed by atoms with van der Waals surface area (Å²) in [6, 6.07) is 6.08. The summed E-state index contributed by atoms with van der Waals surface area (Å²) in [5, 5.41) is 2.78. The van der Waals surface area contributed by atoms with E-state index in [-0.39, 0.29) is 17.8 Å². The van der Waals surface area contributed by atoms with E-state index in [2.05, 4.69) is 5.32 Å². The van der Waals surface area contributed by atoms with Gasteiger partial charge in [0.1, 0.15) is 0 Å². The number of rotatable bonds is 9. The van der Waals surface area contributed by atoms with Crippen molar-refractivity contribution >= 4 is 5.91 Å². The van der Waals surface area contributed by atoms with E-state index in [0.717, 1.165) is 6.42 Å². The summed E-state index contributed by atoms with van der Waals surface area (Å²) >= 11 is 0. The molecule has 1 rings (SSSR count). The highest BCUT2D eigenvalue weighted by Gasteiger charge is 2.19. The lowest BCUT2D eigenvalue weighted by Gasteiger charge is -2.17. The summed E-state index contributed by atoms with van der Waals surface area (Å²) in [4.78, 5) is 12.0. The van der Waals surface area contributed by atoms with E-state index in [1.54, 1.807) is 12.1 Å². The molecule has 1 aromatic rings. The number of carbonyl (C=O) groups is 1. The van der Waals surface area contributed by atoms with Crippen LogP contribution >= 0.6 is 0 Å². The van der Waals surface area contributed by atoms with Crippen molar-refractivity contribution in [2.45, 2.75) is 45.8 Å². The number of halogens is 1. The maximum atomic E-state index is 13.5. The van der Waals surface area contributed by atoms with Gasteiger partial charge in [0.2, 0.25) is 0 Å². The van der Waals surface area contributed by atoms with Crippen LogP contribution in [0.1, 0.15) is 33.6 Å². The SMILES string of the molecule is CC[C@@H](Oc1ccccc1F)C(=O)NCCCOC(C)C. The molecule has 0 aliphatic carbocycles. The molecule has 0 aliphatic rings. The first-order chi connectivity index (χ1) is 10.0. The fraction of sp³-hybridized carbons (Fsp3) is 0.562. The van der Waals surface area contributed by atoms with Crippen LogP contribution in [0, 0.1) is 5.82 Å². The van der Waals surface area contributed by atoms with Gasteiger partial charge in [0.25, 0.3) is 5.91 Å². The number of benzene rings is 1. The normalized spacial score (nSPS) is 12.2. The Labute approximate surface area is 125 Å². The number of hydrogen-bond donors (Lipinski definition) is 1. The molecule has 1 atom stereocenters. The molecule has 1 N–H and O–H groups in total. The van der Waals surface area contributed by atoms with Gasteiger partial charge in [-0.25, -0.2) is 4.39 Å². The third-order valence-corrected chi connectivity index (χ3v) is 2.84. The first-order valence-corrected chi connectivity index (χ1v) is 7.35. The highest BCUT2D eigenvalue weighted by Crippen LogP contribution is 2.18. The average Bonchev–Trinajstić information content (AvgIpc) is 2.45. The van der Waals surface area contributed by atoms with E-state index >= 15 is 0 Å². The van der Waals surface area contributed by atoms with Gasteiger partial charge in [-0.1, -0.05) is 19.1 Å². The maximum absolute atomic E-state index is 13.5. The fourth-order valence-electron chi connectivity index (χ4n) is 1.73. The number of hydrogen-bond acceptors (Lipinski definition) is 3. The van der Waals surface area contributed by atoms with Crippen LogP contribution in [0.2, 0.25) is 0 Å². The Hall–Kier alpha value is -1.62. The Bertz CT molecular complexity index is 437.